The highest BCUT2D eigenvalue weighted by molar-refractivity contribution is 6.03. The predicted octanol–water partition coefficient (Wildman–Crippen LogP) is 2.67. The average Bonchev–Trinajstić information content (AvgIpc) is 2.16. The zero-order valence-corrected chi connectivity index (χ0v) is 9.00. The summed E-state index contributed by atoms with van der Waals surface area (Å²) in [5.74, 6) is 0.143. The fraction of sp³-hybridized carbons (Fsp3) is 0.417. The summed E-state index contributed by atoms with van der Waals surface area (Å²) in [4.78, 5) is 11.9. The van der Waals surface area contributed by atoms with Crippen LogP contribution in [0.4, 0.5) is 5.69 Å². The Kier molecular flexibility index (Phi) is 3.28. The van der Waals surface area contributed by atoms with E-state index in [2.05, 4.69) is 0 Å². The van der Waals surface area contributed by atoms with Crippen LogP contribution in [-0.2, 0) is 6.42 Å². The summed E-state index contributed by atoms with van der Waals surface area (Å²) in [6.45, 7) is 5.83. The van der Waals surface area contributed by atoms with Gasteiger partial charge in [-0.3, -0.25) is 4.79 Å². The second-order valence-electron chi connectivity index (χ2n) is 3.75. The molecule has 0 amide bonds. The second kappa shape index (κ2) is 4.27. The van der Waals surface area contributed by atoms with E-state index in [0.29, 0.717) is 11.3 Å². The molecule has 0 heterocycles. The number of carbonyl (C=O) groups is 1. The number of anilines is 1. The number of nitrogen functional groups attached to an aromatic ring is 1. The topological polar surface area (TPSA) is 43.1 Å². The van der Waals surface area contributed by atoms with Crippen LogP contribution < -0.4 is 5.73 Å². The molecule has 0 unspecified atom stereocenters. The fourth-order valence-electron chi connectivity index (χ4n) is 1.50. The molecule has 2 N–H and O–H groups in total. The molecule has 0 radical (unpaired) electrons. The van der Waals surface area contributed by atoms with E-state index in [1.54, 1.807) is 6.07 Å². The Hall–Kier alpha value is -1.31. The first-order chi connectivity index (χ1) is 6.57. The van der Waals surface area contributed by atoms with Crippen molar-refractivity contribution in [2.45, 2.75) is 27.2 Å². The number of carbonyl (C=O) groups excluding carboxylic acids is 1. The molecule has 0 saturated heterocycles. The lowest BCUT2D eigenvalue weighted by Crippen LogP contribution is -2.13. The van der Waals surface area contributed by atoms with Crippen LogP contribution in [0.2, 0.25) is 0 Å². The van der Waals surface area contributed by atoms with Gasteiger partial charge in [0, 0.05) is 17.2 Å². The highest BCUT2D eigenvalue weighted by atomic mass is 16.1. The molecular formula is C12H17NO. The van der Waals surface area contributed by atoms with Gasteiger partial charge in [0.2, 0.25) is 0 Å². The summed E-state index contributed by atoms with van der Waals surface area (Å²) in [5, 5.41) is 0. The Morgan fingerprint density at radius 2 is 2.07 bits per heavy atom. The molecule has 2 nitrogen and oxygen atoms in total. The number of benzene rings is 1. The van der Waals surface area contributed by atoms with Crippen LogP contribution in [0.5, 0.6) is 0 Å². The SMILES string of the molecule is CCc1cccc(N)c1C(=O)C(C)C. The normalized spacial score (nSPS) is 10.6. The summed E-state index contributed by atoms with van der Waals surface area (Å²) >= 11 is 0. The van der Waals surface area contributed by atoms with E-state index in [9.17, 15) is 4.79 Å². The lowest BCUT2D eigenvalue weighted by atomic mass is 9.94. The Bertz CT molecular complexity index is 342. The summed E-state index contributed by atoms with van der Waals surface area (Å²) in [7, 11) is 0. The molecule has 0 atom stereocenters. The van der Waals surface area contributed by atoms with E-state index in [0.717, 1.165) is 12.0 Å². The maximum absolute atomic E-state index is 11.9. The molecule has 1 rings (SSSR count). The molecule has 76 valence electrons. The molecule has 1 aromatic rings. The van der Waals surface area contributed by atoms with E-state index < -0.39 is 0 Å². The fourth-order valence-corrected chi connectivity index (χ4v) is 1.50. The number of hydrogen-bond donors (Lipinski definition) is 1. The van der Waals surface area contributed by atoms with E-state index in [1.165, 1.54) is 0 Å². The Balaban J connectivity index is 3.23. The van der Waals surface area contributed by atoms with Gasteiger partial charge in [0.25, 0.3) is 0 Å². The molecule has 0 spiro atoms. The molecular weight excluding hydrogens is 174 g/mol. The van der Waals surface area contributed by atoms with Crippen molar-refractivity contribution in [3.8, 4) is 0 Å². The van der Waals surface area contributed by atoms with Crippen molar-refractivity contribution in [2.75, 3.05) is 5.73 Å². The van der Waals surface area contributed by atoms with Crippen molar-refractivity contribution < 1.29 is 4.79 Å². The first-order valence-electron chi connectivity index (χ1n) is 4.99. The molecule has 0 aliphatic carbocycles. The summed E-state index contributed by atoms with van der Waals surface area (Å²) in [5.41, 5.74) is 8.17. The van der Waals surface area contributed by atoms with Crippen molar-refractivity contribution in [1.29, 1.82) is 0 Å². The van der Waals surface area contributed by atoms with Crippen LogP contribution in [0.25, 0.3) is 0 Å². The monoisotopic (exact) mass is 191 g/mol. The van der Waals surface area contributed by atoms with E-state index >= 15 is 0 Å². The van der Waals surface area contributed by atoms with E-state index in [-0.39, 0.29) is 11.7 Å². The van der Waals surface area contributed by atoms with Gasteiger partial charge in [-0.1, -0.05) is 32.9 Å². The Labute approximate surface area is 85.1 Å². The van der Waals surface area contributed by atoms with Crippen molar-refractivity contribution in [1.82, 2.24) is 0 Å². The standard InChI is InChI=1S/C12H17NO/c1-4-9-6-5-7-10(13)11(9)12(14)8(2)3/h5-8H,4,13H2,1-3H3. The number of aryl methyl sites for hydroxylation is 1. The van der Waals surface area contributed by atoms with Gasteiger partial charge in [0.15, 0.2) is 5.78 Å². The van der Waals surface area contributed by atoms with E-state index in [4.69, 9.17) is 5.73 Å². The Morgan fingerprint density at radius 3 is 2.57 bits per heavy atom. The zero-order chi connectivity index (χ0) is 10.7. The molecule has 0 aliphatic heterocycles. The first-order valence-corrected chi connectivity index (χ1v) is 4.99. The number of ketones is 1. The quantitative estimate of drug-likeness (QED) is 0.589. The Morgan fingerprint density at radius 1 is 1.43 bits per heavy atom. The lowest BCUT2D eigenvalue weighted by molar-refractivity contribution is 0.0939. The number of nitrogens with two attached hydrogens (primary N) is 1. The summed E-state index contributed by atoms with van der Waals surface area (Å²) in [6, 6.07) is 5.64. The van der Waals surface area contributed by atoms with Gasteiger partial charge in [-0.25, -0.2) is 0 Å². The van der Waals surface area contributed by atoms with Crippen molar-refractivity contribution in [3.63, 3.8) is 0 Å². The van der Waals surface area contributed by atoms with Crippen LogP contribution in [0.1, 0.15) is 36.7 Å². The highest BCUT2D eigenvalue weighted by Crippen LogP contribution is 2.21. The molecule has 0 aromatic heterocycles. The summed E-state index contributed by atoms with van der Waals surface area (Å²) < 4.78 is 0. The van der Waals surface area contributed by atoms with Crippen molar-refractivity contribution in [3.05, 3.63) is 29.3 Å². The predicted molar refractivity (Wildman–Crippen MR) is 59.4 cm³/mol. The minimum atomic E-state index is 0.00463. The maximum Gasteiger partial charge on any atom is 0.167 e. The van der Waals surface area contributed by atoms with Gasteiger partial charge < -0.3 is 5.73 Å². The molecule has 2 heteroatoms. The van der Waals surface area contributed by atoms with E-state index in [1.807, 2.05) is 32.9 Å². The van der Waals surface area contributed by atoms with Crippen molar-refractivity contribution in [2.24, 2.45) is 5.92 Å². The average molecular weight is 191 g/mol. The third-order valence-corrected chi connectivity index (χ3v) is 2.33. The number of Topliss-reactive ketones (excluding diaryl/α,β-unsaturated/α-hetero) is 1. The molecule has 0 aliphatic rings. The first kappa shape index (κ1) is 10.8. The number of rotatable bonds is 3. The van der Waals surface area contributed by atoms with Gasteiger partial charge in [0.1, 0.15) is 0 Å². The van der Waals surface area contributed by atoms with Crippen LogP contribution in [-0.4, -0.2) is 5.78 Å². The highest BCUT2D eigenvalue weighted by Gasteiger charge is 2.16. The zero-order valence-electron chi connectivity index (χ0n) is 9.00. The van der Waals surface area contributed by atoms with Gasteiger partial charge in [-0.2, -0.15) is 0 Å². The van der Waals surface area contributed by atoms with Crippen molar-refractivity contribution >= 4 is 11.5 Å². The molecule has 0 fully saturated rings. The maximum atomic E-state index is 11.9. The minimum Gasteiger partial charge on any atom is -0.398 e. The van der Waals surface area contributed by atoms with Crippen LogP contribution >= 0.6 is 0 Å². The van der Waals surface area contributed by atoms with Crippen LogP contribution in [0.3, 0.4) is 0 Å². The van der Waals surface area contributed by atoms with Crippen LogP contribution in [0.15, 0.2) is 18.2 Å². The lowest BCUT2D eigenvalue weighted by Gasteiger charge is -2.11. The molecule has 0 saturated carbocycles. The van der Waals surface area contributed by atoms with Gasteiger partial charge in [0.05, 0.1) is 0 Å². The third-order valence-electron chi connectivity index (χ3n) is 2.33. The number of hydrogen-bond acceptors (Lipinski definition) is 2. The van der Waals surface area contributed by atoms with Gasteiger partial charge in [-0.15, -0.1) is 0 Å². The van der Waals surface area contributed by atoms with Crippen LogP contribution in [0, 0.1) is 5.92 Å². The smallest absolute Gasteiger partial charge is 0.167 e. The molecule has 0 bridgehead atoms. The minimum absolute atomic E-state index is 0.00463. The van der Waals surface area contributed by atoms with Gasteiger partial charge in [-0.05, 0) is 18.1 Å². The second-order valence-corrected chi connectivity index (χ2v) is 3.75. The third kappa shape index (κ3) is 1.95. The molecule has 14 heavy (non-hydrogen) atoms. The molecule has 1 aromatic carbocycles. The summed E-state index contributed by atoms with van der Waals surface area (Å²) in [6.07, 6.45) is 0.846. The van der Waals surface area contributed by atoms with Gasteiger partial charge >= 0.3 is 0 Å². The largest absolute Gasteiger partial charge is 0.398 e.